The van der Waals surface area contributed by atoms with E-state index in [-0.39, 0.29) is 17.7 Å². The Hall–Kier alpha value is -1.12. The summed E-state index contributed by atoms with van der Waals surface area (Å²) < 4.78 is 5.02. The van der Waals surface area contributed by atoms with Crippen LogP contribution in [0.25, 0.3) is 0 Å². The molecule has 0 aromatic carbocycles. The summed E-state index contributed by atoms with van der Waals surface area (Å²) in [6.45, 7) is 2.20. The maximum absolute atomic E-state index is 11.7. The molecule has 3 heteroatoms. The number of rotatable bonds is 2. The predicted molar refractivity (Wildman–Crippen MR) is 59.8 cm³/mol. The van der Waals surface area contributed by atoms with Gasteiger partial charge in [0.2, 0.25) is 0 Å². The Morgan fingerprint density at radius 2 is 2.38 bits per heavy atom. The van der Waals surface area contributed by atoms with Crippen molar-refractivity contribution in [2.45, 2.75) is 39.0 Å². The van der Waals surface area contributed by atoms with Crippen LogP contribution in [0.4, 0.5) is 0 Å². The Morgan fingerprint density at radius 1 is 1.56 bits per heavy atom. The minimum atomic E-state index is -0.218. The summed E-state index contributed by atoms with van der Waals surface area (Å²) in [5, 5.41) is 0. The predicted octanol–water partition coefficient (Wildman–Crippen LogP) is 2.26. The largest absolute Gasteiger partial charge is 0.466 e. The molecule has 2 unspecified atom stereocenters. The molecule has 3 nitrogen and oxygen atoms in total. The van der Waals surface area contributed by atoms with E-state index in [0.29, 0.717) is 18.9 Å². The zero-order chi connectivity index (χ0) is 11.5. The standard InChI is InChI=1S/C13H18O3/c1-2-16-13(15)11-6-9-4-3-5-10(9)7-12(14)8-11/h7,9,11H,2-6,8H2,1H3. The summed E-state index contributed by atoms with van der Waals surface area (Å²) in [4.78, 5) is 23.3. The molecule has 0 bridgehead atoms. The molecular formula is C13H18O3. The van der Waals surface area contributed by atoms with Crippen LogP contribution in [0.3, 0.4) is 0 Å². The Morgan fingerprint density at radius 3 is 3.12 bits per heavy atom. The van der Waals surface area contributed by atoms with Gasteiger partial charge in [0.25, 0.3) is 0 Å². The highest BCUT2D eigenvalue weighted by Gasteiger charge is 2.33. The first kappa shape index (κ1) is 11.4. The Kier molecular flexibility index (Phi) is 3.42. The monoisotopic (exact) mass is 222 g/mol. The van der Waals surface area contributed by atoms with Crippen LogP contribution < -0.4 is 0 Å². The quantitative estimate of drug-likeness (QED) is 0.673. The number of allylic oxidation sites excluding steroid dienone is 2. The highest BCUT2D eigenvalue weighted by Crippen LogP contribution is 2.38. The lowest BCUT2D eigenvalue weighted by molar-refractivity contribution is -0.149. The average Bonchev–Trinajstić information content (AvgIpc) is 2.59. The van der Waals surface area contributed by atoms with Crippen molar-refractivity contribution >= 4 is 11.8 Å². The van der Waals surface area contributed by atoms with E-state index in [1.807, 2.05) is 0 Å². The van der Waals surface area contributed by atoms with Crippen molar-refractivity contribution in [1.82, 2.24) is 0 Å². The zero-order valence-electron chi connectivity index (χ0n) is 9.70. The summed E-state index contributed by atoms with van der Waals surface area (Å²) in [5.74, 6) is 0.125. The van der Waals surface area contributed by atoms with Crippen molar-refractivity contribution in [2.24, 2.45) is 11.8 Å². The van der Waals surface area contributed by atoms with Crippen molar-refractivity contribution in [2.75, 3.05) is 6.61 Å². The molecule has 2 atom stereocenters. The van der Waals surface area contributed by atoms with Crippen molar-refractivity contribution in [3.05, 3.63) is 11.6 Å². The van der Waals surface area contributed by atoms with E-state index in [0.717, 1.165) is 25.7 Å². The van der Waals surface area contributed by atoms with Crippen molar-refractivity contribution in [3.8, 4) is 0 Å². The smallest absolute Gasteiger partial charge is 0.309 e. The van der Waals surface area contributed by atoms with Crippen LogP contribution in [-0.2, 0) is 14.3 Å². The molecule has 0 aromatic rings. The van der Waals surface area contributed by atoms with Gasteiger partial charge in [-0.2, -0.15) is 0 Å². The van der Waals surface area contributed by atoms with Gasteiger partial charge in [0.1, 0.15) is 0 Å². The Bertz CT molecular complexity index is 330. The van der Waals surface area contributed by atoms with E-state index in [4.69, 9.17) is 4.74 Å². The number of ether oxygens (including phenoxy) is 1. The van der Waals surface area contributed by atoms with Crippen LogP contribution in [0, 0.1) is 11.8 Å². The number of esters is 1. The highest BCUT2D eigenvalue weighted by molar-refractivity contribution is 5.93. The SMILES string of the molecule is CCOC(=O)C1CC(=O)C=C2CCCC2C1. The second kappa shape index (κ2) is 4.81. The fraction of sp³-hybridized carbons (Fsp3) is 0.692. The van der Waals surface area contributed by atoms with Crippen molar-refractivity contribution < 1.29 is 14.3 Å². The summed E-state index contributed by atoms with van der Waals surface area (Å²) in [6.07, 6.45) is 6.21. The van der Waals surface area contributed by atoms with Crippen LogP contribution in [0.2, 0.25) is 0 Å². The first-order chi connectivity index (χ1) is 7.70. The molecule has 88 valence electrons. The third-order valence-electron chi connectivity index (χ3n) is 3.53. The molecule has 0 N–H and O–H groups in total. The fourth-order valence-electron chi connectivity index (χ4n) is 2.78. The molecule has 1 saturated carbocycles. The molecular weight excluding hydrogens is 204 g/mol. The summed E-state index contributed by atoms with van der Waals surface area (Å²) in [7, 11) is 0. The first-order valence-corrected chi connectivity index (χ1v) is 6.10. The van der Waals surface area contributed by atoms with Gasteiger partial charge in [0.15, 0.2) is 5.78 Å². The van der Waals surface area contributed by atoms with E-state index in [1.54, 1.807) is 13.0 Å². The highest BCUT2D eigenvalue weighted by atomic mass is 16.5. The van der Waals surface area contributed by atoms with Gasteiger partial charge in [-0.3, -0.25) is 9.59 Å². The van der Waals surface area contributed by atoms with E-state index < -0.39 is 0 Å². The van der Waals surface area contributed by atoms with Crippen LogP contribution in [0.1, 0.15) is 39.0 Å². The van der Waals surface area contributed by atoms with E-state index in [9.17, 15) is 9.59 Å². The lowest BCUT2D eigenvalue weighted by atomic mass is 9.91. The van der Waals surface area contributed by atoms with E-state index >= 15 is 0 Å². The second-order valence-corrected chi connectivity index (χ2v) is 4.66. The molecule has 0 heterocycles. The van der Waals surface area contributed by atoms with Gasteiger partial charge in [-0.15, -0.1) is 0 Å². The van der Waals surface area contributed by atoms with Gasteiger partial charge >= 0.3 is 5.97 Å². The molecule has 2 rings (SSSR count). The molecule has 2 aliphatic carbocycles. The van der Waals surface area contributed by atoms with Crippen LogP contribution >= 0.6 is 0 Å². The summed E-state index contributed by atoms with van der Waals surface area (Å²) in [6, 6.07) is 0. The lowest BCUT2D eigenvalue weighted by Crippen LogP contribution is -2.21. The first-order valence-electron chi connectivity index (χ1n) is 6.10. The van der Waals surface area contributed by atoms with Gasteiger partial charge < -0.3 is 4.74 Å². The minimum Gasteiger partial charge on any atom is -0.466 e. The van der Waals surface area contributed by atoms with Gasteiger partial charge in [0, 0.05) is 6.42 Å². The topological polar surface area (TPSA) is 43.4 Å². The van der Waals surface area contributed by atoms with Gasteiger partial charge in [-0.1, -0.05) is 5.57 Å². The lowest BCUT2D eigenvalue weighted by Gasteiger charge is -2.16. The fourth-order valence-corrected chi connectivity index (χ4v) is 2.78. The molecule has 16 heavy (non-hydrogen) atoms. The van der Waals surface area contributed by atoms with Crippen LogP contribution in [-0.4, -0.2) is 18.4 Å². The summed E-state index contributed by atoms with van der Waals surface area (Å²) in [5.41, 5.74) is 1.26. The molecule has 2 aliphatic rings. The second-order valence-electron chi connectivity index (χ2n) is 4.66. The molecule has 0 saturated heterocycles. The van der Waals surface area contributed by atoms with Crippen LogP contribution in [0.15, 0.2) is 11.6 Å². The number of hydrogen-bond donors (Lipinski definition) is 0. The third kappa shape index (κ3) is 2.34. The normalized spacial score (nSPS) is 29.3. The number of hydrogen-bond acceptors (Lipinski definition) is 3. The van der Waals surface area contributed by atoms with E-state index in [2.05, 4.69) is 0 Å². The molecule has 0 aromatic heterocycles. The van der Waals surface area contributed by atoms with Crippen molar-refractivity contribution in [1.29, 1.82) is 0 Å². The molecule has 0 amide bonds. The maximum Gasteiger partial charge on any atom is 0.309 e. The molecule has 1 fully saturated rings. The maximum atomic E-state index is 11.7. The third-order valence-corrected chi connectivity index (χ3v) is 3.53. The number of carbonyl (C=O) groups is 2. The Balaban J connectivity index is 2.08. The van der Waals surface area contributed by atoms with Gasteiger partial charge in [0.05, 0.1) is 12.5 Å². The molecule has 0 radical (unpaired) electrons. The van der Waals surface area contributed by atoms with Gasteiger partial charge in [-0.25, -0.2) is 0 Å². The van der Waals surface area contributed by atoms with Gasteiger partial charge in [-0.05, 0) is 44.6 Å². The van der Waals surface area contributed by atoms with Crippen molar-refractivity contribution in [3.63, 3.8) is 0 Å². The van der Waals surface area contributed by atoms with Crippen LogP contribution in [0.5, 0.6) is 0 Å². The average molecular weight is 222 g/mol. The minimum absolute atomic E-state index is 0.0949. The Labute approximate surface area is 95.9 Å². The number of fused-ring (bicyclic) bond motifs is 1. The van der Waals surface area contributed by atoms with E-state index in [1.165, 1.54) is 5.57 Å². The number of ketones is 1. The number of carbonyl (C=O) groups excluding carboxylic acids is 2. The summed E-state index contributed by atoms with van der Waals surface area (Å²) >= 11 is 0. The zero-order valence-corrected chi connectivity index (χ0v) is 9.70. The molecule has 0 spiro atoms. The molecule has 0 aliphatic heterocycles.